The standard InChI is InChI=1S/C15H16N2O5/c1-10-11(4-2-5-12(10)17(20)21)15(19)16-8-7-13(18)14-6-3-9-22-14/h2-6,9,13,18H,7-8H2,1H3,(H,16,19). The molecule has 1 aromatic carbocycles. The maximum atomic E-state index is 12.1. The molecule has 1 amide bonds. The van der Waals surface area contributed by atoms with Crippen LogP contribution in [0.25, 0.3) is 0 Å². The first kappa shape index (κ1) is 15.7. The molecule has 1 atom stereocenters. The van der Waals surface area contributed by atoms with Gasteiger partial charge in [0.1, 0.15) is 11.9 Å². The SMILES string of the molecule is Cc1c(C(=O)NCCC(O)c2ccco2)cccc1[N+](=O)[O-]. The van der Waals surface area contributed by atoms with E-state index in [1.807, 2.05) is 0 Å². The summed E-state index contributed by atoms with van der Waals surface area (Å²) >= 11 is 0. The monoisotopic (exact) mass is 304 g/mol. The zero-order valence-corrected chi connectivity index (χ0v) is 12.0. The third kappa shape index (κ3) is 3.50. The number of aliphatic hydroxyl groups excluding tert-OH is 1. The molecule has 0 fully saturated rings. The molecule has 2 aromatic rings. The number of nitro groups is 1. The van der Waals surface area contributed by atoms with Gasteiger partial charge >= 0.3 is 0 Å². The second-order valence-electron chi connectivity index (χ2n) is 4.78. The maximum Gasteiger partial charge on any atom is 0.273 e. The number of nitrogens with one attached hydrogen (secondary N) is 1. The zero-order chi connectivity index (χ0) is 16.1. The Hall–Kier alpha value is -2.67. The van der Waals surface area contributed by atoms with Gasteiger partial charge in [0.2, 0.25) is 0 Å². The van der Waals surface area contributed by atoms with Crippen molar-refractivity contribution in [3.8, 4) is 0 Å². The molecule has 0 radical (unpaired) electrons. The lowest BCUT2D eigenvalue weighted by molar-refractivity contribution is -0.385. The van der Waals surface area contributed by atoms with Crippen molar-refractivity contribution in [1.29, 1.82) is 0 Å². The van der Waals surface area contributed by atoms with E-state index < -0.39 is 16.9 Å². The van der Waals surface area contributed by atoms with Gasteiger partial charge in [-0.25, -0.2) is 0 Å². The fourth-order valence-electron chi connectivity index (χ4n) is 2.11. The smallest absolute Gasteiger partial charge is 0.273 e. The number of amides is 1. The molecule has 1 aromatic heterocycles. The highest BCUT2D eigenvalue weighted by atomic mass is 16.6. The Labute approximate surface area is 126 Å². The second kappa shape index (κ2) is 6.86. The van der Waals surface area contributed by atoms with Gasteiger partial charge in [-0.1, -0.05) is 6.07 Å². The molecule has 0 aliphatic heterocycles. The van der Waals surface area contributed by atoms with Gasteiger partial charge in [-0.3, -0.25) is 14.9 Å². The van der Waals surface area contributed by atoms with Crippen LogP contribution in [0, 0.1) is 17.0 Å². The summed E-state index contributed by atoms with van der Waals surface area (Å²) < 4.78 is 5.06. The van der Waals surface area contributed by atoms with E-state index in [-0.39, 0.29) is 24.2 Å². The minimum absolute atomic E-state index is 0.0942. The summed E-state index contributed by atoms with van der Waals surface area (Å²) in [6, 6.07) is 7.67. The molecule has 1 heterocycles. The van der Waals surface area contributed by atoms with E-state index in [9.17, 15) is 20.0 Å². The Balaban J connectivity index is 1.95. The van der Waals surface area contributed by atoms with Gasteiger partial charge in [0, 0.05) is 23.7 Å². The quantitative estimate of drug-likeness (QED) is 0.629. The Morgan fingerprint density at radius 2 is 2.18 bits per heavy atom. The molecule has 0 saturated heterocycles. The fraction of sp³-hybridized carbons (Fsp3) is 0.267. The number of carbonyl (C=O) groups is 1. The van der Waals surface area contributed by atoms with E-state index in [1.165, 1.54) is 31.4 Å². The number of furan rings is 1. The van der Waals surface area contributed by atoms with E-state index in [4.69, 9.17) is 4.42 Å². The van der Waals surface area contributed by atoms with Gasteiger partial charge in [0.25, 0.3) is 11.6 Å². The topological polar surface area (TPSA) is 106 Å². The molecular formula is C15H16N2O5. The Kier molecular flexibility index (Phi) is 4.90. The van der Waals surface area contributed by atoms with Crippen molar-refractivity contribution in [2.24, 2.45) is 0 Å². The van der Waals surface area contributed by atoms with E-state index >= 15 is 0 Å². The highest BCUT2D eigenvalue weighted by Crippen LogP contribution is 2.21. The average Bonchev–Trinajstić information content (AvgIpc) is 3.01. The van der Waals surface area contributed by atoms with Crippen LogP contribution in [-0.2, 0) is 0 Å². The van der Waals surface area contributed by atoms with E-state index in [0.29, 0.717) is 11.3 Å². The Morgan fingerprint density at radius 3 is 2.82 bits per heavy atom. The van der Waals surface area contributed by atoms with Crippen molar-refractivity contribution in [1.82, 2.24) is 5.32 Å². The predicted octanol–water partition coefficient (Wildman–Crippen LogP) is 2.35. The normalized spacial score (nSPS) is 11.9. The van der Waals surface area contributed by atoms with Crippen LogP contribution in [-0.4, -0.2) is 22.5 Å². The van der Waals surface area contributed by atoms with Crippen LogP contribution >= 0.6 is 0 Å². The predicted molar refractivity (Wildman–Crippen MR) is 78.5 cm³/mol. The molecule has 0 aliphatic carbocycles. The van der Waals surface area contributed by atoms with Crippen LogP contribution in [0.5, 0.6) is 0 Å². The van der Waals surface area contributed by atoms with Crippen molar-refractivity contribution in [3.05, 3.63) is 63.6 Å². The summed E-state index contributed by atoms with van der Waals surface area (Å²) in [6.45, 7) is 1.76. The van der Waals surface area contributed by atoms with Crippen molar-refractivity contribution < 1.29 is 19.2 Å². The first-order chi connectivity index (χ1) is 10.5. The van der Waals surface area contributed by atoms with Crippen molar-refractivity contribution in [2.75, 3.05) is 6.54 Å². The Bertz CT molecular complexity index is 667. The fourth-order valence-corrected chi connectivity index (χ4v) is 2.11. The number of hydrogen-bond acceptors (Lipinski definition) is 5. The number of hydrogen-bond donors (Lipinski definition) is 2. The van der Waals surface area contributed by atoms with Crippen LogP contribution in [0.3, 0.4) is 0 Å². The molecule has 2 rings (SSSR count). The Morgan fingerprint density at radius 1 is 1.41 bits per heavy atom. The zero-order valence-electron chi connectivity index (χ0n) is 12.0. The number of carbonyl (C=O) groups excluding carboxylic acids is 1. The molecule has 1 unspecified atom stereocenters. The van der Waals surface area contributed by atoms with Crippen molar-refractivity contribution in [2.45, 2.75) is 19.4 Å². The largest absolute Gasteiger partial charge is 0.467 e. The van der Waals surface area contributed by atoms with Crippen LogP contribution in [0.4, 0.5) is 5.69 Å². The van der Waals surface area contributed by atoms with Gasteiger partial charge < -0.3 is 14.8 Å². The number of benzene rings is 1. The van der Waals surface area contributed by atoms with E-state index in [0.717, 1.165) is 0 Å². The van der Waals surface area contributed by atoms with Crippen LogP contribution in [0.1, 0.15) is 34.2 Å². The van der Waals surface area contributed by atoms with E-state index in [1.54, 1.807) is 12.1 Å². The van der Waals surface area contributed by atoms with Gasteiger partial charge in [0.05, 0.1) is 11.2 Å². The molecule has 22 heavy (non-hydrogen) atoms. The summed E-state index contributed by atoms with van der Waals surface area (Å²) in [4.78, 5) is 22.4. The molecule has 2 N–H and O–H groups in total. The summed E-state index contributed by atoms with van der Waals surface area (Å²) in [5.74, 6) is 0.0219. The van der Waals surface area contributed by atoms with Crippen LogP contribution < -0.4 is 5.32 Å². The number of aliphatic hydroxyl groups is 1. The molecule has 0 aliphatic rings. The summed E-state index contributed by atoms with van der Waals surface area (Å²) in [5.41, 5.74) is 0.474. The third-order valence-electron chi connectivity index (χ3n) is 3.32. The molecule has 0 saturated carbocycles. The number of nitro benzene ring substituents is 1. The minimum Gasteiger partial charge on any atom is -0.467 e. The molecule has 7 heteroatoms. The molecular weight excluding hydrogens is 288 g/mol. The first-order valence-corrected chi connectivity index (χ1v) is 6.74. The average molecular weight is 304 g/mol. The minimum atomic E-state index is -0.804. The highest BCUT2D eigenvalue weighted by molar-refractivity contribution is 5.96. The van der Waals surface area contributed by atoms with Crippen molar-refractivity contribution in [3.63, 3.8) is 0 Å². The van der Waals surface area contributed by atoms with Crippen LogP contribution in [0.2, 0.25) is 0 Å². The van der Waals surface area contributed by atoms with Gasteiger partial charge in [-0.05, 0) is 31.5 Å². The van der Waals surface area contributed by atoms with Gasteiger partial charge in [-0.2, -0.15) is 0 Å². The number of rotatable bonds is 6. The van der Waals surface area contributed by atoms with Crippen molar-refractivity contribution >= 4 is 11.6 Å². The van der Waals surface area contributed by atoms with Crippen LogP contribution in [0.15, 0.2) is 41.0 Å². The summed E-state index contributed by atoms with van der Waals surface area (Å²) in [7, 11) is 0. The molecule has 116 valence electrons. The summed E-state index contributed by atoms with van der Waals surface area (Å²) in [5, 5.41) is 23.3. The lowest BCUT2D eigenvalue weighted by Crippen LogP contribution is -2.26. The second-order valence-corrected chi connectivity index (χ2v) is 4.78. The molecule has 0 bridgehead atoms. The molecule has 0 spiro atoms. The highest BCUT2D eigenvalue weighted by Gasteiger charge is 2.18. The third-order valence-corrected chi connectivity index (χ3v) is 3.32. The summed E-state index contributed by atoms with van der Waals surface area (Å²) in [6.07, 6.45) is 0.943. The lowest BCUT2D eigenvalue weighted by Gasteiger charge is -2.10. The first-order valence-electron chi connectivity index (χ1n) is 6.74. The van der Waals surface area contributed by atoms with Gasteiger partial charge in [0.15, 0.2) is 0 Å². The number of nitrogens with zero attached hydrogens (tertiary/aromatic N) is 1. The van der Waals surface area contributed by atoms with Gasteiger partial charge in [-0.15, -0.1) is 0 Å². The maximum absolute atomic E-state index is 12.1. The molecule has 7 nitrogen and oxygen atoms in total. The lowest BCUT2D eigenvalue weighted by atomic mass is 10.1. The van der Waals surface area contributed by atoms with E-state index in [2.05, 4.69) is 5.32 Å².